The molecule has 3 aliphatic heterocycles. The van der Waals surface area contributed by atoms with E-state index in [-0.39, 0.29) is 17.8 Å². The molecule has 1 saturated heterocycles. The van der Waals surface area contributed by atoms with Gasteiger partial charge in [-0.25, -0.2) is 0 Å². The lowest BCUT2D eigenvalue weighted by molar-refractivity contribution is -0.904. The van der Waals surface area contributed by atoms with Gasteiger partial charge in [-0.3, -0.25) is 14.5 Å². The molecule has 1 fully saturated rings. The number of anilines is 1. The Balaban J connectivity index is 1.49. The maximum Gasteiger partial charge on any atom is 0.309 e. The van der Waals surface area contributed by atoms with Gasteiger partial charge < -0.3 is 19.1 Å². The Kier molecular flexibility index (Phi) is 5.48. The van der Waals surface area contributed by atoms with Gasteiger partial charge in [0.1, 0.15) is 0 Å². The van der Waals surface area contributed by atoms with Crippen LogP contribution in [-0.2, 0) is 29.6 Å². The third kappa shape index (κ3) is 3.34. The summed E-state index contributed by atoms with van der Waals surface area (Å²) in [6.07, 6.45) is 5.30. The lowest BCUT2D eigenvalue weighted by Gasteiger charge is -2.32. The van der Waals surface area contributed by atoms with Crippen molar-refractivity contribution in [1.29, 1.82) is 0 Å². The summed E-state index contributed by atoms with van der Waals surface area (Å²) >= 11 is 0. The van der Waals surface area contributed by atoms with Crippen molar-refractivity contribution in [3.05, 3.63) is 42.0 Å². The van der Waals surface area contributed by atoms with Crippen LogP contribution in [0.5, 0.6) is 0 Å². The summed E-state index contributed by atoms with van der Waals surface area (Å²) in [5, 5.41) is 0. The highest BCUT2D eigenvalue weighted by Gasteiger charge is 2.55. The zero-order valence-electron chi connectivity index (χ0n) is 16.2. The molecule has 7 nitrogen and oxygen atoms in total. The lowest BCUT2D eigenvalue weighted by Crippen LogP contribution is -3.14. The molecule has 3 aliphatic rings. The predicted octanol–water partition coefficient (Wildman–Crippen LogP) is 0.605. The maximum atomic E-state index is 13.4. The van der Waals surface area contributed by atoms with Crippen molar-refractivity contribution >= 4 is 17.6 Å². The number of nitrogens with one attached hydrogen (secondary N) is 1. The second-order valence-electron chi connectivity index (χ2n) is 7.39. The number of carbonyl (C=O) groups is 2. The summed E-state index contributed by atoms with van der Waals surface area (Å²) in [6, 6.07) is 7.67. The number of likely N-dealkylation sites (tertiary alicyclic amines) is 1. The minimum Gasteiger partial charge on any atom is -0.466 e. The minimum absolute atomic E-state index is 0.0313. The Labute approximate surface area is 164 Å². The van der Waals surface area contributed by atoms with E-state index >= 15 is 0 Å². The number of rotatable bonds is 4. The zero-order chi connectivity index (χ0) is 19.6. The summed E-state index contributed by atoms with van der Waals surface area (Å²) in [6.45, 7) is 5.11. The summed E-state index contributed by atoms with van der Waals surface area (Å²) in [7, 11) is 0. The van der Waals surface area contributed by atoms with Gasteiger partial charge in [0.25, 0.3) is 11.7 Å². The molecule has 0 atom stereocenters. The molecule has 0 bridgehead atoms. The number of fused-ring (bicyclic) bond motifs is 2. The average Bonchev–Trinajstić information content (AvgIpc) is 2.89. The first-order chi connectivity index (χ1) is 13.7. The summed E-state index contributed by atoms with van der Waals surface area (Å²) in [5.41, 5.74) is 1.61. The average molecular weight is 387 g/mol. The van der Waals surface area contributed by atoms with Crippen LogP contribution in [0, 0.1) is 5.92 Å². The quantitative estimate of drug-likeness (QED) is 0.606. The van der Waals surface area contributed by atoms with Crippen LogP contribution in [-0.4, -0.2) is 51.5 Å². The van der Waals surface area contributed by atoms with Gasteiger partial charge >= 0.3 is 5.97 Å². The van der Waals surface area contributed by atoms with Crippen molar-refractivity contribution in [1.82, 2.24) is 0 Å². The Morgan fingerprint density at radius 2 is 1.89 bits per heavy atom. The molecule has 150 valence electrons. The maximum absolute atomic E-state index is 13.4. The van der Waals surface area contributed by atoms with Crippen molar-refractivity contribution in [3.63, 3.8) is 0 Å². The van der Waals surface area contributed by atoms with Crippen LogP contribution in [0.4, 0.5) is 5.69 Å². The smallest absolute Gasteiger partial charge is 0.309 e. The highest BCUT2D eigenvalue weighted by molar-refractivity contribution is 6.05. The van der Waals surface area contributed by atoms with Crippen LogP contribution in [0.3, 0.4) is 0 Å². The van der Waals surface area contributed by atoms with Crippen LogP contribution in [0.1, 0.15) is 25.3 Å². The number of hydrogen-bond acceptors (Lipinski definition) is 5. The van der Waals surface area contributed by atoms with Crippen LogP contribution < -0.4 is 9.80 Å². The molecule has 7 heteroatoms. The lowest BCUT2D eigenvalue weighted by atomic mass is 9.97. The Bertz CT molecular complexity index is 760. The van der Waals surface area contributed by atoms with E-state index < -0.39 is 5.79 Å². The standard InChI is InChI=1S/C21H26N2O5/c1-2-26-19(24)16-9-11-22(12-10-16)15-23-18-8-4-3-7-17(18)21(20(23)25)27-13-5-6-14-28-21/h3-8,16H,2,9-15H2,1H3/p+1. The SMILES string of the molecule is CCOC(=O)C1CC[NH+](CN2C(=O)C3(OCC=CCO3)c3ccccc32)CC1. The van der Waals surface area contributed by atoms with Gasteiger partial charge in [0.2, 0.25) is 0 Å². The number of nitrogens with zero attached hydrogens (tertiary/aromatic N) is 1. The second-order valence-corrected chi connectivity index (χ2v) is 7.39. The normalized spacial score (nSPS) is 26.2. The van der Waals surface area contributed by atoms with Crippen LogP contribution in [0.2, 0.25) is 0 Å². The third-order valence-corrected chi connectivity index (χ3v) is 5.70. The van der Waals surface area contributed by atoms with Crippen LogP contribution in [0.25, 0.3) is 0 Å². The van der Waals surface area contributed by atoms with Gasteiger partial charge in [0.05, 0.1) is 44.5 Å². The number of benzene rings is 1. The van der Waals surface area contributed by atoms with Crippen LogP contribution >= 0.6 is 0 Å². The topological polar surface area (TPSA) is 69.5 Å². The van der Waals surface area contributed by atoms with Gasteiger partial charge in [-0.2, -0.15) is 0 Å². The van der Waals surface area contributed by atoms with Gasteiger partial charge in [-0.15, -0.1) is 0 Å². The van der Waals surface area contributed by atoms with E-state index in [4.69, 9.17) is 14.2 Å². The first-order valence-corrected chi connectivity index (χ1v) is 10.0. The van der Waals surface area contributed by atoms with Crippen molar-refractivity contribution in [2.45, 2.75) is 25.6 Å². The minimum atomic E-state index is -1.36. The molecule has 0 saturated carbocycles. The molecule has 3 heterocycles. The van der Waals surface area contributed by atoms with Crippen LogP contribution in [0.15, 0.2) is 36.4 Å². The van der Waals surface area contributed by atoms with E-state index in [9.17, 15) is 9.59 Å². The van der Waals surface area contributed by atoms with E-state index in [1.54, 1.807) is 4.90 Å². The van der Waals surface area contributed by atoms with Crippen molar-refractivity contribution in [2.75, 3.05) is 44.5 Å². The molecule has 28 heavy (non-hydrogen) atoms. The number of piperidine rings is 1. The molecule has 0 radical (unpaired) electrons. The predicted molar refractivity (Wildman–Crippen MR) is 102 cm³/mol. The summed E-state index contributed by atoms with van der Waals surface area (Å²) in [4.78, 5) is 28.4. The molecule has 0 aliphatic carbocycles. The van der Waals surface area contributed by atoms with E-state index in [1.165, 1.54) is 4.90 Å². The molecule has 0 aromatic heterocycles. The van der Waals surface area contributed by atoms with Gasteiger partial charge in [-0.1, -0.05) is 30.4 Å². The van der Waals surface area contributed by atoms with E-state index in [0.717, 1.165) is 37.2 Å². The van der Waals surface area contributed by atoms with E-state index in [1.807, 2.05) is 43.3 Å². The second kappa shape index (κ2) is 8.03. The first kappa shape index (κ1) is 19.1. The monoisotopic (exact) mass is 387 g/mol. The van der Waals surface area contributed by atoms with Crippen molar-refractivity contribution in [3.8, 4) is 0 Å². The fourth-order valence-corrected chi connectivity index (χ4v) is 4.24. The molecular formula is C21H27N2O5+. The largest absolute Gasteiger partial charge is 0.466 e. The Morgan fingerprint density at radius 3 is 2.57 bits per heavy atom. The fourth-order valence-electron chi connectivity index (χ4n) is 4.24. The van der Waals surface area contributed by atoms with Gasteiger partial charge in [0, 0.05) is 18.4 Å². The molecule has 1 N–H and O–H groups in total. The molecule has 0 unspecified atom stereocenters. The molecule has 1 aromatic carbocycles. The molecule has 1 spiro atoms. The first-order valence-electron chi connectivity index (χ1n) is 10.0. The number of esters is 1. The number of hydrogen-bond donors (Lipinski definition) is 1. The van der Waals surface area contributed by atoms with Crippen molar-refractivity contribution in [2.24, 2.45) is 5.92 Å². The number of para-hydroxylation sites is 1. The van der Waals surface area contributed by atoms with E-state index in [2.05, 4.69) is 0 Å². The number of quaternary nitrogens is 1. The molecule has 1 aromatic rings. The fraction of sp³-hybridized carbons (Fsp3) is 0.524. The van der Waals surface area contributed by atoms with Gasteiger partial charge in [-0.05, 0) is 13.0 Å². The van der Waals surface area contributed by atoms with E-state index in [0.29, 0.717) is 26.5 Å². The molecular weight excluding hydrogens is 360 g/mol. The third-order valence-electron chi connectivity index (χ3n) is 5.70. The summed E-state index contributed by atoms with van der Waals surface area (Å²) < 4.78 is 17.0. The van der Waals surface area contributed by atoms with Crippen molar-refractivity contribution < 1.29 is 28.7 Å². The zero-order valence-corrected chi connectivity index (χ0v) is 16.2. The number of carbonyl (C=O) groups excluding carboxylic acids is 2. The van der Waals surface area contributed by atoms with Gasteiger partial charge in [0.15, 0.2) is 6.67 Å². The Morgan fingerprint density at radius 1 is 1.21 bits per heavy atom. The molecule has 4 rings (SSSR count). The summed E-state index contributed by atoms with van der Waals surface area (Å²) in [5.74, 6) is -1.66. The highest BCUT2D eigenvalue weighted by atomic mass is 16.7. The molecule has 1 amide bonds. The number of amides is 1. The Hall–Kier alpha value is -2.22. The highest BCUT2D eigenvalue weighted by Crippen LogP contribution is 2.43. The number of ether oxygens (including phenoxy) is 3.